The van der Waals surface area contributed by atoms with Gasteiger partial charge in [-0.3, -0.25) is 14.9 Å². The summed E-state index contributed by atoms with van der Waals surface area (Å²) in [6.07, 6.45) is -1.45. The number of hydrogen-bond acceptors (Lipinski definition) is 6. The predicted octanol–water partition coefficient (Wildman–Crippen LogP) is -0.0708. The molecule has 0 fully saturated rings. The van der Waals surface area contributed by atoms with E-state index >= 15 is 0 Å². The molecular formula is C9H7N3O6. The lowest BCUT2D eigenvalue weighted by Gasteiger charge is -2.05. The molecule has 0 radical (unpaired) electrons. The van der Waals surface area contributed by atoms with Crippen LogP contribution >= 0.6 is 0 Å². The van der Waals surface area contributed by atoms with E-state index in [1.165, 1.54) is 6.07 Å². The standard InChI is InChI=1S/C9H7N3O6/c10-7(13)4-2-1-3-5(12(16)17)6(4)8(14)18-9(11)15/h1-3H,(H2,10,13)(H2,11,15). The number of carbonyl (C=O) groups is 3. The predicted molar refractivity (Wildman–Crippen MR) is 56.6 cm³/mol. The molecule has 4 N–H and O–H groups in total. The Bertz CT molecular complexity index is 521. The highest BCUT2D eigenvalue weighted by Gasteiger charge is 2.28. The van der Waals surface area contributed by atoms with E-state index in [1.54, 1.807) is 0 Å². The molecule has 0 unspecified atom stereocenters. The number of benzene rings is 1. The van der Waals surface area contributed by atoms with Crippen molar-refractivity contribution in [3.8, 4) is 0 Å². The van der Waals surface area contributed by atoms with Crippen LogP contribution in [0.3, 0.4) is 0 Å². The van der Waals surface area contributed by atoms with Gasteiger partial charge < -0.3 is 16.2 Å². The molecule has 18 heavy (non-hydrogen) atoms. The van der Waals surface area contributed by atoms with Gasteiger partial charge in [0.2, 0.25) is 5.91 Å². The van der Waals surface area contributed by atoms with Crippen molar-refractivity contribution < 1.29 is 24.0 Å². The molecule has 9 heteroatoms. The van der Waals surface area contributed by atoms with Crippen LogP contribution < -0.4 is 11.5 Å². The number of primary amides is 2. The second kappa shape index (κ2) is 4.91. The van der Waals surface area contributed by atoms with E-state index in [0.29, 0.717) is 0 Å². The number of hydrogen-bond donors (Lipinski definition) is 2. The molecule has 0 saturated heterocycles. The van der Waals surface area contributed by atoms with Crippen molar-refractivity contribution in [3.63, 3.8) is 0 Å². The highest BCUT2D eigenvalue weighted by molar-refractivity contribution is 6.09. The fraction of sp³-hybridized carbons (Fsp3) is 0. The van der Waals surface area contributed by atoms with Gasteiger partial charge >= 0.3 is 12.1 Å². The van der Waals surface area contributed by atoms with E-state index in [1.807, 2.05) is 0 Å². The zero-order valence-corrected chi connectivity index (χ0v) is 8.78. The van der Waals surface area contributed by atoms with Gasteiger partial charge in [0.05, 0.1) is 10.5 Å². The van der Waals surface area contributed by atoms with E-state index in [2.05, 4.69) is 10.5 Å². The van der Waals surface area contributed by atoms with Crippen molar-refractivity contribution in [2.75, 3.05) is 0 Å². The third kappa shape index (κ3) is 2.58. The maximum Gasteiger partial charge on any atom is 0.412 e. The Kier molecular flexibility index (Phi) is 3.57. The van der Waals surface area contributed by atoms with Crippen molar-refractivity contribution in [3.05, 3.63) is 39.4 Å². The number of rotatable bonds is 3. The van der Waals surface area contributed by atoms with Crippen LogP contribution in [0, 0.1) is 10.1 Å². The number of esters is 1. The average molecular weight is 253 g/mol. The number of nitro groups is 1. The number of nitrogens with zero attached hydrogens (tertiary/aromatic N) is 1. The van der Waals surface area contributed by atoms with Gasteiger partial charge in [-0.1, -0.05) is 6.07 Å². The first kappa shape index (κ1) is 13.1. The van der Waals surface area contributed by atoms with E-state index in [9.17, 15) is 24.5 Å². The lowest BCUT2D eigenvalue weighted by molar-refractivity contribution is -0.385. The van der Waals surface area contributed by atoms with Gasteiger partial charge in [-0.2, -0.15) is 0 Å². The molecule has 0 aliphatic heterocycles. The zero-order chi connectivity index (χ0) is 13.9. The van der Waals surface area contributed by atoms with Gasteiger partial charge in [0.1, 0.15) is 0 Å². The normalized spacial score (nSPS) is 9.56. The molecule has 0 heterocycles. The first-order valence-corrected chi connectivity index (χ1v) is 4.43. The topological polar surface area (TPSA) is 156 Å². The number of ether oxygens (including phenoxy) is 1. The Hall–Kier alpha value is -2.97. The quantitative estimate of drug-likeness (QED) is 0.332. The molecule has 0 spiro atoms. The van der Waals surface area contributed by atoms with Crippen LogP contribution in [-0.4, -0.2) is 22.9 Å². The van der Waals surface area contributed by atoms with Crippen LogP contribution in [0.5, 0.6) is 0 Å². The van der Waals surface area contributed by atoms with Gasteiger partial charge in [0.25, 0.3) is 5.69 Å². The number of nitrogens with two attached hydrogens (primary N) is 2. The van der Waals surface area contributed by atoms with Crippen LogP contribution in [0.25, 0.3) is 0 Å². The van der Waals surface area contributed by atoms with E-state index in [0.717, 1.165) is 12.1 Å². The molecule has 0 aromatic heterocycles. The summed E-state index contributed by atoms with van der Waals surface area (Å²) in [4.78, 5) is 42.8. The first-order valence-electron chi connectivity index (χ1n) is 4.43. The smallest absolute Gasteiger partial charge is 0.372 e. The van der Waals surface area contributed by atoms with E-state index in [-0.39, 0.29) is 0 Å². The van der Waals surface area contributed by atoms with Crippen molar-refractivity contribution in [2.24, 2.45) is 11.5 Å². The van der Waals surface area contributed by atoms with Crippen molar-refractivity contribution >= 4 is 23.7 Å². The van der Waals surface area contributed by atoms with Crippen LogP contribution in [-0.2, 0) is 4.74 Å². The van der Waals surface area contributed by atoms with Crippen molar-refractivity contribution in [1.82, 2.24) is 0 Å². The zero-order valence-electron chi connectivity index (χ0n) is 8.78. The summed E-state index contributed by atoms with van der Waals surface area (Å²) in [6.45, 7) is 0. The number of nitro benzene ring substituents is 1. The van der Waals surface area contributed by atoms with Gasteiger partial charge in [0, 0.05) is 6.07 Å². The minimum Gasteiger partial charge on any atom is -0.372 e. The molecule has 0 atom stereocenters. The molecule has 94 valence electrons. The maximum atomic E-state index is 11.5. The Labute approximate surface area is 99.5 Å². The summed E-state index contributed by atoms with van der Waals surface area (Å²) < 4.78 is 4.01. The van der Waals surface area contributed by atoms with Gasteiger partial charge in [-0.05, 0) is 6.07 Å². The molecular weight excluding hydrogens is 246 g/mol. The molecule has 0 aliphatic carbocycles. The summed E-state index contributed by atoms with van der Waals surface area (Å²) in [5, 5.41) is 10.7. The lowest BCUT2D eigenvalue weighted by Crippen LogP contribution is -2.23. The summed E-state index contributed by atoms with van der Waals surface area (Å²) in [5.41, 5.74) is 7.72. The van der Waals surface area contributed by atoms with Gasteiger partial charge in [-0.25, -0.2) is 9.59 Å². The fourth-order valence-electron chi connectivity index (χ4n) is 1.25. The summed E-state index contributed by atoms with van der Waals surface area (Å²) in [6, 6.07) is 3.22. The molecule has 0 aliphatic rings. The molecule has 0 saturated carbocycles. The summed E-state index contributed by atoms with van der Waals surface area (Å²) in [5.74, 6) is -2.49. The summed E-state index contributed by atoms with van der Waals surface area (Å²) in [7, 11) is 0. The Morgan fingerprint density at radius 2 is 1.83 bits per heavy atom. The van der Waals surface area contributed by atoms with Crippen LogP contribution in [0.2, 0.25) is 0 Å². The lowest BCUT2D eigenvalue weighted by atomic mass is 10.1. The maximum absolute atomic E-state index is 11.5. The summed E-state index contributed by atoms with van der Waals surface area (Å²) >= 11 is 0. The Morgan fingerprint density at radius 3 is 2.28 bits per heavy atom. The monoisotopic (exact) mass is 253 g/mol. The second-order valence-electron chi connectivity index (χ2n) is 3.03. The highest BCUT2D eigenvalue weighted by Crippen LogP contribution is 2.23. The molecule has 1 rings (SSSR count). The largest absolute Gasteiger partial charge is 0.412 e. The number of carbonyl (C=O) groups excluding carboxylic acids is 3. The Morgan fingerprint density at radius 1 is 1.22 bits per heavy atom. The van der Waals surface area contributed by atoms with Gasteiger partial charge in [0.15, 0.2) is 5.56 Å². The molecule has 9 nitrogen and oxygen atoms in total. The third-order valence-electron chi connectivity index (χ3n) is 1.90. The highest BCUT2D eigenvalue weighted by atomic mass is 16.6. The third-order valence-corrected chi connectivity index (χ3v) is 1.90. The van der Waals surface area contributed by atoms with E-state index in [4.69, 9.17) is 5.73 Å². The second-order valence-corrected chi connectivity index (χ2v) is 3.03. The minimum absolute atomic E-state index is 0.435. The average Bonchev–Trinajstić information content (AvgIpc) is 2.26. The Balaban J connectivity index is 3.45. The van der Waals surface area contributed by atoms with Gasteiger partial charge in [-0.15, -0.1) is 0 Å². The SMILES string of the molecule is NC(=O)OC(=O)c1c(C(N)=O)cccc1[N+](=O)[O-]. The first-order chi connectivity index (χ1) is 8.34. The number of amides is 2. The van der Waals surface area contributed by atoms with Crippen LogP contribution in [0.1, 0.15) is 20.7 Å². The molecule has 2 amide bonds. The minimum atomic E-state index is -1.45. The van der Waals surface area contributed by atoms with Crippen molar-refractivity contribution in [2.45, 2.75) is 0 Å². The fourth-order valence-corrected chi connectivity index (χ4v) is 1.25. The molecule has 1 aromatic rings. The van der Waals surface area contributed by atoms with Crippen LogP contribution in [0.15, 0.2) is 18.2 Å². The van der Waals surface area contributed by atoms with Crippen molar-refractivity contribution in [1.29, 1.82) is 0 Å². The van der Waals surface area contributed by atoms with E-state index < -0.39 is 39.7 Å². The molecule has 1 aromatic carbocycles. The molecule has 0 bridgehead atoms. The van der Waals surface area contributed by atoms with Crippen LogP contribution in [0.4, 0.5) is 10.5 Å².